The lowest BCUT2D eigenvalue weighted by atomic mass is 10.2. The minimum Gasteiger partial charge on any atom is -0.489 e. The van der Waals surface area contributed by atoms with E-state index in [2.05, 4.69) is 20.9 Å². The minimum atomic E-state index is -0.136. The van der Waals surface area contributed by atoms with Gasteiger partial charge in [-0.15, -0.1) is 0 Å². The van der Waals surface area contributed by atoms with Gasteiger partial charge in [0.25, 0.3) is 5.91 Å². The van der Waals surface area contributed by atoms with Gasteiger partial charge in [-0.2, -0.15) is 0 Å². The number of likely N-dealkylation sites (N-methyl/N-ethyl adjacent to an activating group) is 1. The Morgan fingerprint density at radius 2 is 2.00 bits per heavy atom. The molecule has 0 spiro atoms. The van der Waals surface area contributed by atoms with Gasteiger partial charge in [0.15, 0.2) is 5.75 Å². The highest BCUT2D eigenvalue weighted by atomic mass is 79.9. The molecule has 2 aromatic rings. The number of pyridine rings is 1. The first-order chi connectivity index (χ1) is 10.5. The fourth-order valence-electron chi connectivity index (χ4n) is 1.76. The smallest absolute Gasteiger partial charge is 0.255 e. The lowest BCUT2D eigenvalue weighted by molar-refractivity contribution is 0.0773. The summed E-state index contributed by atoms with van der Waals surface area (Å²) in [7, 11) is 1.70. The largest absolute Gasteiger partial charge is 0.489 e. The predicted octanol–water partition coefficient (Wildman–Crippen LogP) is 4.30. The lowest BCUT2D eigenvalue weighted by Gasteiger charge is -2.18. The molecule has 1 aromatic heterocycles. The summed E-state index contributed by atoms with van der Waals surface area (Å²) < 4.78 is 6.32. The Bertz CT molecular complexity index is 662. The van der Waals surface area contributed by atoms with Gasteiger partial charge in [-0.25, -0.2) is 0 Å². The van der Waals surface area contributed by atoms with Gasteiger partial charge in [-0.3, -0.25) is 9.78 Å². The van der Waals surface area contributed by atoms with Crippen LogP contribution in [-0.2, 0) is 0 Å². The molecule has 0 atom stereocenters. The Balaban J connectivity index is 1.93. The molecule has 7 heteroatoms. The first-order valence-electron chi connectivity index (χ1n) is 6.42. The van der Waals surface area contributed by atoms with Crippen molar-refractivity contribution in [2.24, 2.45) is 0 Å². The number of rotatable bonds is 5. The molecule has 0 N–H and O–H groups in total. The Morgan fingerprint density at radius 3 is 2.64 bits per heavy atom. The number of hydrogen-bond donors (Lipinski definition) is 0. The first kappa shape index (κ1) is 17.1. The van der Waals surface area contributed by atoms with Crippen LogP contribution in [0.15, 0.2) is 41.1 Å². The third-order valence-electron chi connectivity index (χ3n) is 2.89. The Hall–Kier alpha value is -1.30. The molecule has 0 aliphatic heterocycles. The van der Waals surface area contributed by atoms with E-state index in [1.807, 2.05) is 0 Å². The zero-order valence-corrected chi connectivity index (χ0v) is 14.8. The number of carbonyl (C=O) groups is 1. The molecule has 0 radical (unpaired) electrons. The van der Waals surface area contributed by atoms with Crippen molar-refractivity contribution >= 4 is 45.0 Å². The molecule has 0 bridgehead atoms. The maximum absolute atomic E-state index is 12.2. The third-order valence-corrected chi connectivity index (χ3v) is 3.92. The second-order valence-corrected chi connectivity index (χ2v) is 6.25. The van der Waals surface area contributed by atoms with E-state index in [1.54, 1.807) is 42.4 Å². The standard InChI is InChI=1S/C15H13BrCl2N2O2/c1-20(15(21)10-7-11(16)9-19-8-10)5-6-22-14-12(17)3-2-4-13(14)18/h2-4,7-9H,5-6H2,1H3. The van der Waals surface area contributed by atoms with E-state index in [1.165, 1.54) is 6.20 Å². The summed E-state index contributed by atoms with van der Waals surface area (Å²) in [5.74, 6) is 0.290. The fraction of sp³-hybridized carbons (Fsp3) is 0.200. The Morgan fingerprint density at radius 1 is 1.32 bits per heavy atom. The molecule has 0 unspecified atom stereocenters. The molecule has 2 rings (SSSR count). The summed E-state index contributed by atoms with van der Waals surface area (Å²) in [5, 5.41) is 0.885. The van der Waals surface area contributed by atoms with Crippen molar-refractivity contribution in [2.75, 3.05) is 20.2 Å². The van der Waals surface area contributed by atoms with Gasteiger partial charge in [0.05, 0.1) is 22.2 Å². The van der Waals surface area contributed by atoms with Crippen LogP contribution in [-0.4, -0.2) is 36.0 Å². The lowest BCUT2D eigenvalue weighted by Crippen LogP contribution is -2.31. The van der Waals surface area contributed by atoms with Crippen molar-refractivity contribution in [2.45, 2.75) is 0 Å². The summed E-state index contributed by atoms with van der Waals surface area (Å²) in [5.41, 5.74) is 0.507. The number of carbonyl (C=O) groups excluding carboxylic acids is 1. The van der Waals surface area contributed by atoms with Crippen molar-refractivity contribution in [3.8, 4) is 5.75 Å². The molecule has 0 saturated heterocycles. The minimum absolute atomic E-state index is 0.136. The van der Waals surface area contributed by atoms with Crippen molar-refractivity contribution in [1.82, 2.24) is 9.88 Å². The molecule has 22 heavy (non-hydrogen) atoms. The Kier molecular flexibility index (Phi) is 6.06. The number of ether oxygens (including phenoxy) is 1. The number of aromatic nitrogens is 1. The van der Waals surface area contributed by atoms with Crippen LogP contribution in [0.2, 0.25) is 10.0 Å². The quantitative estimate of drug-likeness (QED) is 0.747. The van der Waals surface area contributed by atoms with Gasteiger partial charge >= 0.3 is 0 Å². The Labute approximate surface area is 147 Å². The molecule has 1 aromatic carbocycles. The van der Waals surface area contributed by atoms with E-state index in [0.29, 0.717) is 27.9 Å². The predicted molar refractivity (Wildman–Crippen MR) is 90.9 cm³/mol. The molecule has 0 aliphatic carbocycles. The van der Waals surface area contributed by atoms with Crippen molar-refractivity contribution in [3.63, 3.8) is 0 Å². The topological polar surface area (TPSA) is 42.4 Å². The summed E-state index contributed by atoms with van der Waals surface area (Å²) in [6, 6.07) is 6.86. The van der Waals surface area contributed by atoms with Gasteiger partial charge < -0.3 is 9.64 Å². The molecule has 116 valence electrons. The van der Waals surface area contributed by atoms with Crippen LogP contribution in [0, 0.1) is 0 Å². The maximum atomic E-state index is 12.2. The third kappa shape index (κ3) is 4.35. The molecule has 4 nitrogen and oxygen atoms in total. The molecule has 0 aliphatic rings. The molecule has 1 amide bonds. The molecule has 1 heterocycles. The first-order valence-corrected chi connectivity index (χ1v) is 7.96. The van der Waals surface area contributed by atoms with Crippen LogP contribution in [0.5, 0.6) is 5.75 Å². The van der Waals surface area contributed by atoms with E-state index >= 15 is 0 Å². The maximum Gasteiger partial charge on any atom is 0.255 e. The fourth-order valence-corrected chi connectivity index (χ4v) is 2.63. The second kappa shape index (κ2) is 7.81. The van der Waals surface area contributed by atoms with Gasteiger partial charge in [0.2, 0.25) is 0 Å². The van der Waals surface area contributed by atoms with Crippen LogP contribution in [0.1, 0.15) is 10.4 Å². The van der Waals surface area contributed by atoms with Gasteiger partial charge in [-0.05, 0) is 34.1 Å². The van der Waals surface area contributed by atoms with E-state index < -0.39 is 0 Å². The number of benzene rings is 1. The van der Waals surface area contributed by atoms with E-state index in [0.717, 1.165) is 4.47 Å². The molecule has 0 fully saturated rings. The van der Waals surface area contributed by atoms with E-state index in [9.17, 15) is 4.79 Å². The highest BCUT2D eigenvalue weighted by Gasteiger charge is 2.13. The zero-order valence-electron chi connectivity index (χ0n) is 11.7. The van der Waals surface area contributed by atoms with Crippen LogP contribution in [0.4, 0.5) is 0 Å². The van der Waals surface area contributed by atoms with E-state index in [4.69, 9.17) is 27.9 Å². The molecular weight excluding hydrogens is 391 g/mol. The molecular formula is C15H13BrCl2N2O2. The van der Waals surface area contributed by atoms with Crippen LogP contribution in [0.25, 0.3) is 0 Å². The van der Waals surface area contributed by atoms with Gasteiger partial charge in [0.1, 0.15) is 6.61 Å². The average Bonchev–Trinajstić information content (AvgIpc) is 2.49. The monoisotopic (exact) mass is 402 g/mol. The summed E-state index contributed by atoms with van der Waals surface area (Å²) in [6.45, 7) is 0.681. The second-order valence-electron chi connectivity index (χ2n) is 4.52. The number of halogens is 3. The highest BCUT2D eigenvalue weighted by Crippen LogP contribution is 2.32. The van der Waals surface area contributed by atoms with Crippen LogP contribution in [0.3, 0.4) is 0 Å². The summed E-state index contributed by atoms with van der Waals surface area (Å²) in [4.78, 5) is 17.8. The SMILES string of the molecule is CN(CCOc1c(Cl)cccc1Cl)C(=O)c1cncc(Br)c1. The van der Waals surface area contributed by atoms with Crippen molar-refractivity contribution < 1.29 is 9.53 Å². The summed E-state index contributed by atoms with van der Waals surface area (Å²) in [6.07, 6.45) is 3.15. The number of nitrogens with zero attached hydrogens (tertiary/aromatic N) is 2. The van der Waals surface area contributed by atoms with E-state index in [-0.39, 0.29) is 12.5 Å². The van der Waals surface area contributed by atoms with Crippen LogP contribution >= 0.6 is 39.1 Å². The zero-order chi connectivity index (χ0) is 16.1. The van der Waals surface area contributed by atoms with Gasteiger partial charge in [0, 0.05) is 23.9 Å². The number of amides is 1. The number of para-hydroxylation sites is 1. The van der Waals surface area contributed by atoms with Crippen LogP contribution < -0.4 is 4.74 Å². The van der Waals surface area contributed by atoms with Crippen molar-refractivity contribution in [3.05, 3.63) is 56.7 Å². The number of hydrogen-bond acceptors (Lipinski definition) is 3. The normalized spacial score (nSPS) is 10.4. The van der Waals surface area contributed by atoms with Gasteiger partial charge in [-0.1, -0.05) is 29.3 Å². The van der Waals surface area contributed by atoms with Crippen molar-refractivity contribution in [1.29, 1.82) is 0 Å². The summed E-state index contributed by atoms with van der Waals surface area (Å²) >= 11 is 15.3. The average molecular weight is 404 g/mol. The molecule has 0 saturated carbocycles. The highest BCUT2D eigenvalue weighted by molar-refractivity contribution is 9.10.